The van der Waals surface area contributed by atoms with Gasteiger partial charge in [-0.2, -0.15) is 0 Å². The zero-order chi connectivity index (χ0) is 23.2. The minimum Gasteiger partial charge on any atom is -0.348 e. The Hall–Kier alpha value is -3.64. The van der Waals surface area contributed by atoms with Crippen LogP contribution in [0.15, 0.2) is 90.3 Å². The normalized spacial score (nSPS) is 10.7. The van der Waals surface area contributed by atoms with Gasteiger partial charge >= 0.3 is 0 Å². The number of hydrogen-bond acceptors (Lipinski definition) is 4. The van der Waals surface area contributed by atoms with Gasteiger partial charge in [0.25, 0.3) is 5.91 Å². The number of Topliss-reactive ketones (excluding diaryl/α,β-unsaturated/α-hetero) is 1. The second kappa shape index (κ2) is 10.3. The fraction of sp³-hybridized carbons (Fsp3) is 0.148. The first-order valence-electron chi connectivity index (χ1n) is 10.7. The Morgan fingerprint density at radius 2 is 1.79 bits per heavy atom. The van der Waals surface area contributed by atoms with Crippen molar-refractivity contribution in [3.8, 4) is 5.69 Å². The van der Waals surface area contributed by atoms with Gasteiger partial charge in [-0.3, -0.25) is 14.2 Å². The van der Waals surface area contributed by atoms with Gasteiger partial charge in [-0.15, -0.1) is 0 Å². The van der Waals surface area contributed by atoms with Gasteiger partial charge in [-0.05, 0) is 49.2 Å². The zero-order valence-corrected chi connectivity index (χ0v) is 19.4. The summed E-state index contributed by atoms with van der Waals surface area (Å²) < 4.78 is 1.90. The Morgan fingerprint density at radius 1 is 0.970 bits per heavy atom. The average molecular weight is 456 g/mol. The van der Waals surface area contributed by atoms with E-state index in [0.717, 1.165) is 27.9 Å². The molecule has 0 unspecified atom stereocenters. The molecule has 0 bridgehead atoms. The van der Waals surface area contributed by atoms with Crippen LogP contribution in [0.2, 0.25) is 0 Å². The topological polar surface area (TPSA) is 64.0 Å². The van der Waals surface area contributed by atoms with Gasteiger partial charge in [-0.1, -0.05) is 65.9 Å². The highest BCUT2D eigenvalue weighted by molar-refractivity contribution is 7.99. The molecule has 4 aromatic rings. The lowest BCUT2D eigenvalue weighted by Gasteiger charge is -2.10. The van der Waals surface area contributed by atoms with Crippen LogP contribution in [0.3, 0.4) is 0 Å². The molecule has 4 rings (SSSR count). The number of carbonyl (C=O) groups excluding carboxylic acids is 2. The molecular weight excluding hydrogens is 430 g/mol. The molecule has 0 aliphatic heterocycles. The number of nitrogens with one attached hydrogen (secondary N) is 1. The van der Waals surface area contributed by atoms with E-state index in [1.807, 2.05) is 91.3 Å². The lowest BCUT2D eigenvalue weighted by molar-refractivity contribution is 0.0950. The van der Waals surface area contributed by atoms with Crippen molar-refractivity contribution in [1.29, 1.82) is 0 Å². The SMILES string of the molecule is Cc1ccc(C)c(C(=O)CSc2nccn2-c2cccc(C(=O)NCc3ccccc3)c2)c1. The third-order valence-corrected chi connectivity index (χ3v) is 6.28. The average Bonchev–Trinajstić information content (AvgIpc) is 3.32. The molecule has 0 spiro atoms. The van der Waals surface area contributed by atoms with Gasteiger partial charge in [-0.25, -0.2) is 4.98 Å². The van der Waals surface area contributed by atoms with Crippen molar-refractivity contribution in [1.82, 2.24) is 14.9 Å². The minimum atomic E-state index is -0.139. The fourth-order valence-corrected chi connectivity index (χ4v) is 4.37. The third-order valence-electron chi connectivity index (χ3n) is 5.32. The minimum absolute atomic E-state index is 0.0739. The number of hydrogen-bond donors (Lipinski definition) is 1. The molecule has 0 fully saturated rings. The molecule has 5 nitrogen and oxygen atoms in total. The largest absolute Gasteiger partial charge is 0.348 e. The first kappa shape index (κ1) is 22.6. The Bertz CT molecular complexity index is 1280. The maximum atomic E-state index is 12.8. The van der Waals surface area contributed by atoms with Crippen LogP contribution < -0.4 is 5.32 Å². The molecule has 0 aliphatic carbocycles. The van der Waals surface area contributed by atoms with Crippen LogP contribution in [0.1, 0.15) is 37.4 Å². The smallest absolute Gasteiger partial charge is 0.251 e. The van der Waals surface area contributed by atoms with Crippen LogP contribution in [-0.4, -0.2) is 27.0 Å². The van der Waals surface area contributed by atoms with Gasteiger partial charge in [0.05, 0.1) is 5.75 Å². The highest BCUT2D eigenvalue weighted by Crippen LogP contribution is 2.23. The number of aryl methyl sites for hydroxylation is 2. The van der Waals surface area contributed by atoms with Crippen molar-refractivity contribution in [3.05, 3.63) is 113 Å². The van der Waals surface area contributed by atoms with E-state index in [1.54, 1.807) is 12.3 Å². The van der Waals surface area contributed by atoms with E-state index >= 15 is 0 Å². The number of thioether (sulfide) groups is 1. The highest BCUT2D eigenvalue weighted by atomic mass is 32.2. The number of benzene rings is 3. The van der Waals surface area contributed by atoms with Crippen molar-refractivity contribution < 1.29 is 9.59 Å². The predicted molar refractivity (Wildman–Crippen MR) is 132 cm³/mol. The molecule has 1 N–H and O–H groups in total. The summed E-state index contributed by atoms with van der Waals surface area (Å²) in [6.07, 6.45) is 3.54. The van der Waals surface area contributed by atoms with E-state index in [9.17, 15) is 9.59 Å². The Labute approximate surface area is 197 Å². The quantitative estimate of drug-likeness (QED) is 0.286. The van der Waals surface area contributed by atoms with Crippen LogP contribution in [0, 0.1) is 13.8 Å². The van der Waals surface area contributed by atoms with E-state index in [0.29, 0.717) is 23.0 Å². The zero-order valence-electron chi connectivity index (χ0n) is 18.6. The number of aromatic nitrogens is 2. The molecule has 1 heterocycles. The number of ketones is 1. The molecule has 1 amide bonds. The monoisotopic (exact) mass is 455 g/mol. The van der Waals surface area contributed by atoms with Gasteiger partial charge in [0, 0.05) is 35.8 Å². The Kier molecular flexibility index (Phi) is 7.05. The van der Waals surface area contributed by atoms with Crippen LogP contribution in [-0.2, 0) is 6.54 Å². The molecule has 0 aliphatic rings. The van der Waals surface area contributed by atoms with Crippen LogP contribution >= 0.6 is 11.8 Å². The molecule has 1 aromatic heterocycles. The maximum absolute atomic E-state index is 12.8. The van der Waals surface area contributed by atoms with E-state index in [2.05, 4.69) is 10.3 Å². The van der Waals surface area contributed by atoms with Crippen LogP contribution in [0.25, 0.3) is 5.69 Å². The number of amides is 1. The van der Waals surface area contributed by atoms with Gasteiger partial charge < -0.3 is 5.32 Å². The Balaban J connectivity index is 1.45. The van der Waals surface area contributed by atoms with Crippen molar-refractivity contribution in [2.45, 2.75) is 25.5 Å². The summed E-state index contributed by atoms with van der Waals surface area (Å²) in [5, 5.41) is 3.66. The van der Waals surface area contributed by atoms with E-state index in [1.165, 1.54) is 11.8 Å². The van der Waals surface area contributed by atoms with Crippen molar-refractivity contribution in [2.75, 3.05) is 5.75 Å². The number of carbonyl (C=O) groups is 2. The highest BCUT2D eigenvalue weighted by Gasteiger charge is 2.14. The molecule has 0 atom stereocenters. The fourth-order valence-electron chi connectivity index (χ4n) is 3.51. The second-order valence-electron chi connectivity index (χ2n) is 7.83. The summed E-state index contributed by atoms with van der Waals surface area (Å²) >= 11 is 1.39. The summed E-state index contributed by atoms with van der Waals surface area (Å²) in [5.74, 6) is 0.225. The summed E-state index contributed by atoms with van der Waals surface area (Å²) in [7, 11) is 0. The molecule has 6 heteroatoms. The first-order chi connectivity index (χ1) is 16.0. The van der Waals surface area contributed by atoms with E-state index < -0.39 is 0 Å². The van der Waals surface area contributed by atoms with E-state index in [-0.39, 0.29) is 11.7 Å². The lowest BCUT2D eigenvalue weighted by Crippen LogP contribution is -2.22. The number of imidazole rings is 1. The van der Waals surface area contributed by atoms with Gasteiger partial charge in [0.15, 0.2) is 10.9 Å². The van der Waals surface area contributed by atoms with Crippen molar-refractivity contribution in [2.24, 2.45) is 0 Å². The lowest BCUT2D eigenvalue weighted by atomic mass is 10.0. The van der Waals surface area contributed by atoms with Gasteiger partial charge in [0.1, 0.15) is 0 Å². The van der Waals surface area contributed by atoms with Gasteiger partial charge in [0.2, 0.25) is 0 Å². The molecular formula is C27H25N3O2S. The number of rotatable bonds is 8. The second-order valence-corrected chi connectivity index (χ2v) is 8.77. The summed E-state index contributed by atoms with van der Waals surface area (Å²) in [6, 6.07) is 23.1. The summed E-state index contributed by atoms with van der Waals surface area (Å²) in [4.78, 5) is 29.9. The summed E-state index contributed by atoms with van der Waals surface area (Å²) in [6.45, 7) is 4.41. The maximum Gasteiger partial charge on any atom is 0.251 e. The first-order valence-corrected chi connectivity index (χ1v) is 11.7. The van der Waals surface area contributed by atoms with E-state index in [4.69, 9.17) is 0 Å². The third kappa shape index (κ3) is 5.59. The Morgan fingerprint density at radius 3 is 2.61 bits per heavy atom. The number of nitrogens with zero attached hydrogens (tertiary/aromatic N) is 2. The van der Waals surface area contributed by atoms with Crippen LogP contribution in [0.4, 0.5) is 0 Å². The predicted octanol–water partition coefficient (Wildman–Crippen LogP) is 5.39. The molecule has 3 aromatic carbocycles. The standard InChI is InChI=1S/C27H25N3O2S/c1-19-11-12-20(2)24(15-19)25(31)18-33-27-28-13-14-30(27)23-10-6-9-22(16-23)26(32)29-17-21-7-4-3-5-8-21/h3-16H,17-18H2,1-2H3,(H,29,32). The molecule has 0 radical (unpaired) electrons. The van der Waals surface area contributed by atoms with Crippen LogP contribution in [0.5, 0.6) is 0 Å². The summed E-state index contributed by atoms with van der Waals surface area (Å²) in [5.41, 5.74) is 5.23. The molecule has 166 valence electrons. The van der Waals surface area contributed by atoms with Crippen molar-refractivity contribution >= 4 is 23.5 Å². The molecule has 0 saturated carbocycles. The van der Waals surface area contributed by atoms with Crippen molar-refractivity contribution in [3.63, 3.8) is 0 Å². The molecule has 33 heavy (non-hydrogen) atoms. The molecule has 0 saturated heterocycles.